The fraction of sp³-hybridized carbons (Fsp3) is 0.500. The van der Waals surface area contributed by atoms with Crippen LogP contribution < -0.4 is 10.6 Å². The lowest BCUT2D eigenvalue weighted by Crippen LogP contribution is -2.51. The van der Waals surface area contributed by atoms with Crippen molar-refractivity contribution in [1.82, 2.24) is 10.2 Å². The first-order valence-corrected chi connectivity index (χ1v) is 7.26. The maximum absolute atomic E-state index is 12.8. The van der Waals surface area contributed by atoms with Crippen molar-refractivity contribution in [1.29, 1.82) is 0 Å². The number of hydrogen-bond acceptors (Lipinski definition) is 3. The van der Waals surface area contributed by atoms with E-state index in [0.717, 1.165) is 31.8 Å². The van der Waals surface area contributed by atoms with Gasteiger partial charge >= 0.3 is 6.18 Å². The van der Waals surface area contributed by atoms with Crippen LogP contribution in [0.2, 0.25) is 5.02 Å². The van der Waals surface area contributed by atoms with Crippen LogP contribution in [0, 0.1) is 0 Å². The van der Waals surface area contributed by atoms with E-state index in [1.165, 1.54) is 6.07 Å². The molecule has 9 heteroatoms. The highest BCUT2D eigenvalue weighted by atomic mass is 35.5. The largest absolute Gasteiger partial charge is 0.417 e. The molecule has 1 saturated heterocycles. The lowest BCUT2D eigenvalue weighted by Gasteiger charge is -2.33. The summed E-state index contributed by atoms with van der Waals surface area (Å²) in [5.74, 6) is -0.343. The quantitative estimate of drug-likeness (QED) is 0.858. The summed E-state index contributed by atoms with van der Waals surface area (Å²) in [5.41, 5.74) is -0.869. The molecule has 4 nitrogen and oxygen atoms in total. The van der Waals surface area contributed by atoms with Crippen molar-refractivity contribution < 1.29 is 18.0 Å². The van der Waals surface area contributed by atoms with Gasteiger partial charge in [0.25, 0.3) is 0 Å². The van der Waals surface area contributed by atoms with Gasteiger partial charge in [0.2, 0.25) is 5.91 Å². The molecule has 130 valence electrons. The van der Waals surface area contributed by atoms with E-state index >= 15 is 0 Å². The molecule has 0 radical (unpaired) electrons. The molecule has 23 heavy (non-hydrogen) atoms. The van der Waals surface area contributed by atoms with Crippen LogP contribution >= 0.6 is 24.0 Å². The minimum absolute atomic E-state index is 0. The molecule has 1 aliphatic heterocycles. The number of benzene rings is 1. The summed E-state index contributed by atoms with van der Waals surface area (Å²) >= 11 is 5.54. The molecule has 1 fully saturated rings. The Hall–Kier alpha value is -1.02. The number of rotatable bonds is 3. The Morgan fingerprint density at radius 2 is 2.17 bits per heavy atom. The highest BCUT2D eigenvalue weighted by Crippen LogP contribution is 2.36. The molecule has 1 aliphatic rings. The predicted molar refractivity (Wildman–Crippen MR) is 86.2 cm³/mol. The zero-order valence-corrected chi connectivity index (χ0v) is 14.0. The molecule has 2 N–H and O–H groups in total. The molecular formula is C14H18Cl2F3N3O. The van der Waals surface area contributed by atoms with Crippen LogP contribution in [0.15, 0.2) is 18.2 Å². The van der Waals surface area contributed by atoms with Gasteiger partial charge in [-0.3, -0.25) is 9.69 Å². The number of amides is 1. The Balaban J connectivity index is 0.00000264. The van der Waals surface area contributed by atoms with Crippen LogP contribution in [0.4, 0.5) is 18.9 Å². The van der Waals surface area contributed by atoms with Crippen LogP contribution in [0.25, 0.3) is 0 Å². The maximum Gasteiger partial charge on any atom is 0.417 e. The van der Waals surface area contributed by atoms with Crippen molar-refractivity contribution in [2.24, 2.45) is 0 Å². The van der Waals surface area contributed by atoms with Gasteiger partial charge < -0.3 is 10.6 Å². The molecule has 0 bridgehead atoms. The van der Waals surface area contributed by atoms with Crippen molar-refractivity contribution in [3.63, 3.8) is 0 Å². The minimum Gasteiger partial charge on any atom is -0.325 e. The summed E-state index contributed by atoms with van der Waals surface area (Å²) in [4.78, 5) is 14.0. The van der Waals surface area contributed by atoms with Crippen molar-refractivity contribution >= 4 is 35.6 Å². The molecule has 1 heterocycles. The molecule has 1 amide bonds. The molecule has 1 aromatic rings. The van der Waals surface area contributed by atoms with Crippen molar-refractivity contribution in [3.8, 4) is 0 Å². The third-order valence-electron chi connectivity index (χ3n) is 3.54. The molecule has 0 saturated carbocycles. The van der Waals surface area contributed by atoms with E-state index in [2.05, 4.69) is 10.6 Å². The van der Waals surface area contributed by atoms with E-state index in [9.17, 15) is 18.0 Å². The van der Waals surface area contributed by atoms with Gasteiger partial charge in [-0.2, -0.15) is 13.2 Å². The number of nitrogens with one attached hydrogen (secondary N) is 2. The van der Waals surface area contributed by atoms with Crippen molar-refractivity contribution in [3.05, 3.63) is 28.8 Å². The van der Waals surface area contributed by atoms with E-state index in [-0.39, 0.29) is 41.6 Å². The van der Waals surface area contributed by atoms with Gasteiger partial charge in [0, 0.05) is 31.4 Å². The normalized spacial score (nSPS) is 19.1. The summed E-state index contributed by atoms with van der Waals surface area (Å²) in [6.45, 7) is 4.43. The standard InChI is InChI=1S/C14H17ClF3N3O.ClH/c1-9-7-19-4-5-21(9)8-13(22)20-10-2-3-12(15)11(6-10)14(16,17)18;/h2-3,6,9,19H,4-5,7-8H2,1H3,(H,20,22);1H/t9-;/m1./s1. The second kappa shape index (κ2) is 8.19. The van der Waals surface area contributed by atoms with Crippen LogP contribution in [0.1, 0.15) is 12.5 Å². The molecule has 0 unspecified atom stereocenters. The number of carbonyl (C=O) groups is 1. The fourth-order valence-electron chi connectivity index (χ4n) is 2.32. The second-order valence-corrected chi connectivity index (χ2v) is 5.67. The SMILES string of the molecule is C[C@@H]1CNCCN1CC(=O)Nc1ccc(Cl)c(C(F)(F)F)c1.Cl. The molecule has 0 aromatic heterocycles. The van der Waals surface area contributed by atoms with Crippen LogP contribution in [-0.4, -0.2) is 43.0 Å². The molecule has 2 rings (SSSR count). The average molecular weight is 372 g/mol. The highest BCUT2D eigenvalue weighted by Gasteiger charge is 2.33. The number of anilines is 1. The zero-order chi connectivity index (χ0) is 16.3. The summed E-state index contributed by atoms with van der Waals surface area (Å²) in [6.07, 6.45) is -4.55. The number of alkyl halides is 3. The Labute approximate surface area is 143 Å². The van der Waals surface area contributed by atoms with Crippen LogP contribution in [0.3, 0.4) is 0 Å². The van der Waals surface area contributed by atoms with E-state index in [0.29, 0.717) is 0 Å². The topological polar surface area (TPSA) is 44.4 Å². The minimum atomic E-state index is -4.55. The lowest BCUT2D eigenvalue weighted by atomic mass is 10.2. The van der Waals surface area contributed by atoms with Crippen LogP contribution in [-0.2, 0) is 11.0 Å². The first-order valence-electron chi connectivity index (χ1n) is 6.89. The Kier molecular flexibility index (Phi) is 7.13. The highest BCUT2D eigenvalue weighted by molar-refractivity contribution is 6.31. The number of nitrogens with zero attached hydrogens (tertiary/aromatic N) is 1. The Bertz CT molecular complexity index is 555. The lowest BCUT2D eigenvalue weighted by molar-refractivity contribution is -0.137. The van der Waals surface area contributed by atoms with Gasteiger partial charge in [-0.05, 0) is 25.1 Å². The van der Waals surface area contributed by atoms with Gasteiger partial charge in [-0.25, -0.2) is 0 Å². The maximum atomic E-state index is 12.8. The van der Waals surface area contributed by atoms with E-state index < -0.39 is 11.7 Å². The predicted octanol–water partition coefficient (Wildman–Crippen LogP) is 3.01. The summed E-state index contributed by atoms with van der Waals surface area (Å²) in [5, 5.41) is 5.31. The number of halogens is 5. The van der Waals surface area contributed by atoms with Crippen molar-refractivity contribution in [2.75, 3.05) is 31.5 Å². The fourth-order valence-corrected chi connectivity index (χ4v) is 2.55. The second-order valence-electron chi connectivity index (χ2n) is 5.26. The third-order valence-corrected chi connectivity index (χ3v) is 3.87. The smallest absolute Gasteiger partial charge is 0.325 e. The van der Waals surface area contributed by atoms with E-state index in [4.69, 9.17) is 11.6 Å². The summed E-state index contributed by atoms with van der Waals surface area (Å²) in [6, 6.07) is 3.54. The zero-order valence-electron chi connectivity index (χ0n) is 12.4. The Morgan fingerprint density at radius 1 is 1.48 bits per heavy atom. The number of piperazine rings is 1. The van der Waals surface area contributed by atoms with Gasteiger partial charge in [-0.1, -0.05) is 11.6 Å². The van der Waals surface area contributed by atoms with E-state index in [1.807, 2.05) is 11.8 Å². The summed E-state index contributed by atoms with van der Waals surface area (Å²) in [7, 11) is 0. The first-order chi connectivity index (χ1) is 10.3. The molecule has 1 atom stereocenters. The average Bonchev–Trinajstić information content (AvgIpc) is 2.42. The monoisotopic (exact) mass is 371 g/mol. The first kappa shape index (κ1) is 20.0. The number of hydrogen-bond donors (Lipinski definition) is 2. The van der Waals surface area contributed by atoms with Gasteiger partial charge in [-0.15, -0.1) is 12.4 Å². The molecular weight excluding hydrogens is 354 g/mol. The Morgan fingerprint density at radius 3 is 2.78 bits per heavy atom. The third kappa shape index (κ3) is 5.53. The van der Waals surface area contributed by atoms with Gasteiger partial charge in [0.05, 0.1) is 17.1 Å². The van der Waals surface area contributed by atoms with E-state index in [1.54, 1.807) is 0 Å². The van der Waals surface area contributed by atoms with Crippen molar-refractivity contribution in [2.45, 2.75) is 19.1 Å². The molecule has 0 aliphatic carbocycles. The summed E-state index contributed by atoms with van der Waals surface area (Å²) < 4.78 is 38.3. The molecule has 1 aromatic carbocycles. The molecule has 0 spiro atoms. The number of carbonyl (C=O) groups excluding carboxylic acids is 1. The van der Waals surface area contributed by atoms with Gasteiger partial charge in [0.1, 0.15) is 0 Å². The van der Waals surface area contributed by atoms with Crippen LogP contribution in [0.5, 0.6) is 0 Å². The van der Waals surface area contributed by atoms with Gasteiger partial charge in [0.15, 0.2) is 0 Å².